The quantitative estimate of drug-likeness (QED) is 0.838. The molecule has 0 aliphatic carbocycles. The molecule has 2 aliphatic heterocycles. The van der Waals surface area contributed by atoms with Gasteiger partial charge in [-0.1, -0.05) is 24.6 Å². The molecule has 0 amide bonds. The molecule has 0 aromatic heterocycles. The number of rotatable bonds is 3. The fraction of sp³-hybridized carbons (Fsp3) is 0.647. The van der Waals surface area contributed by atoms with Crippen molar-refractivity contribution in [2.45, 2.75) is 44.4 Å². The number of benzene rings is 1. The van der Waals surface area contributed by atoms with Gasteiger partial charge in [0.2, 0.25) is 0 Å². The number of hydrogen-bond donors (Lipinski definition) is 0. The molecule has 1 unspecified atom stereocenters. The highest BCUT2D eigenvalue weighted by atomic mass is 19.4. The minimum absolute atomic E-state index is 0.545. The molecule has 2 fully saturated rings. The van der Waals surface area contributed by atoms with Gasteiger partial charge in [-0.05, 0) is 44.0 Å². The first-order chi connectivity index (χ1) is 10.5. The van der Waals surface area contributed by atoms with Crippen LogP contribution < -0.4 is 0 Å². The van der Waals surface area contributed by atoms with Gasteiger partial charge in [0.1, 0.15) is 0 Å². The zero-order valence-electron chi connectivity index (χ0n) is 12.8. The summed E-state index contributed by atoms with van der Waals surface area (Å²) in [6, 6.07) is 6.32. The van der Waals surface area contributed by atoms with Crippen LogP contribution in [0.5, 0.6) is 0 Å². The second-order valence-corrected chi connectivity index (χ2v) is 6.47. The van der Waals surface area contributed by atoms with Crippen molar-refractivity contribution in [3.63, 3.8) is 0 Å². The molecule has 122 valence electrons. The van der Waals surface area contributed by atoms with Crippen LogP contribution in [0.2, 0.25) is 0 Å². The van der Waals surface area contributed by atoms with Gasteiger partial charge in [0, 0.05) is 25.7 Å². The monoisotopic (exact) mass is 312 g/mol. The fourth-order valence-electron chi connectivity index (χ4n) is 3.64. The van der Waals surface area contributed by atoms with Crippen molar-refractivity contribution in [1.82, 2.24) is 9.80 Å². The summed E-state index contributed by atoms with van der Waals surface area (Å²) < 4.78 is 38.3. The third-order valence-electron chi connectivity index (χ3n) is 4.82. The van der Waals surface area contributed by atoms with Gasteiger partial charge in [0.15, 0.2) is 0 Å². The number of nitrogens with zero attached hydrogens (tertiary/aromatic N) is 2. The molecule has 2 heterocycles. The summed E-state index contributed by atoms with van der Waals surface area (Å²) in [4.78, 5) is 4.85. The molecule has 1 aromatic carbocycles. The lowest BCUT2D eigenvalue weighted by Gasteiger charge is -2.32. The third-order valence-corrected chi connectivity index (χ3v) is 4.82. The average molecular weight is 312 g/mol. The van der Waals surface area contributed by atoms with Crippen molar-refractivity contribution in [2.75, 3.05) is 26.2 Å². The second-order valence-electron chi connectivity index (χ2n) is 6.47. The van der Waals surface area contributed by atoms with Crippen LogP contribution in [0.3, 0.4) is 0 Å². The molecule has 0 radical (unpaired) electrons. The zero-order chi connectivity index (χ0) is 15.6. The first-order valence-electron chi connectivity index (χ1n) is 8.15. The lowest BCUT2D eigenvalue weighted by molar-refractivity contribution is -0.137. The molecule has 3 rings (SSSR count). The van der Waals surface area contributed by atoms with Crippen molar-refractivity contribution >= 4 is 0 Å². The molecule has 0 spiro atoms. The number of piperidine rings is 1. The van der Waals surface area contributed by atoms with Gasteiger partial charge in [-0.15, -0.1) is 0 Å². The third kappa shape index (κ3) is 3.82. The van der Waals surface area contributed by atoms with Crippen LogP contribution >= 0.6 is 0 Å². The smallest absolute Gasteiger partial charge is 0.299 e. The van der Waals surface area contributed by atoms with E-state index in [1.807, 2.05) is 0 Å². The molecular weight excluding hydrogens is 289 g/mol. The van der Waals surface area contributed by atoms with E-state index in [9.17, 15) is 13.2 Å². The van der Waals surface area contributed by atoms with Gasteiger partial charge < -0.3 is 0 Å². The highest BCUT2D eigenvalue weighted by Gasteiger charge is 2.31. The summed E-state index contributed by atoms with van der Waals surface area (Å²) in [5.74, 6) is 0. The molecule has 22 heavy (non-hydrogen) atoms. The minimum atomic E-state index is -4.25. The molecule has 0 bridgehead atoms. The number of halogens is 3. The van der Waals surface area contributed by atoms with E-state index >= 15 is 0 Å². The van der Waals surface area contributed by atoms with Gasteiger partial charge >= 0.3 is 6.18 Å². The molecule has 5 heteroatoms. The van der Waals surface area contributed by atoms with Crippen molar-refractivity contribution < 1.29 is 13.2 Å². The SMILES string of the molecule is FC(F)(F)c1cccc(CN2CCC(N3CCCCC3)C2)c1. The molecule has 2 saturated heterocycles. The van der Waals surface area contributed by atoms with E-state index in [0.29, 0.717) is 12.6 Å². The van der Waals surface area contributed by atoms with E-state index in [4.69, 9.17) is 0 Å². The summed E-state index contributed by atoms with van der Waals surface area (Å²) in [7, 11) is 0. The predicted octanol–water partition coefficient (Wildman–Crippen LogP) is 3.77. The Bertz CT molecular complexity index is 495. The maximum atomic E-state index is 12.8. The number of alkyl halides is 3. The van der Waals surface area contributed by atoms with Crippen molar-refractivity contribution in [3.05, 3.63) is 35.4 Å². The minimum Gasteiger partial charge on any atom is -0.299 e. The highest BCUT2D eigenvalue weighted by molar-refractivity contribution is 5.25. The molecule has 1 atom stereocenters. The Kier molecular flexibility index (Phi) is 4.73. The summed E-state index contributed by atoms with van der Waals surface area (Å²) in [6.07, 6.45) is 0.780. The normalized spacial score (nSPS) is 24.8. The topological polar surface area (TPSA) is 6.48 Å². The van der Waals surface area contributed by atoms with E-state index < -0.39 is 11.7 Å². The Balaban J connectivity index is 1.58. The number of likely N-dealkylation sites (tertiary alicyclic amines) is 2. The average Bonchev–Trinajstić information content (AvgIpc) is 2.96. The van der Waals surface area contributed by atoms with Gasteiger partial charge in [-0.2, -0.15) is 13.2 Å². The lowest BCUT2D eigenvalue weighted by atomic mass is 10.1. The Morgan fingerprint density at radius 1 is 1.05 bits per heavy atom. The maximum absolute atomic E-state index is 12.8. The van der Waals surface area contributed by atoms with E-state index in [1.165, 1.54) is 44.5 Å². The summed E-state index contributed by atoms with van der Waals surface area (Å²) in [5, 5.41) is 0. The largest absolute Gasteiger partial charge is 0.416 e. The van der Waals surface area contributed by atoms with Crippen LogP contribution in [0, 0.1) is 0 Å². The standard InChI is InChI=1S/C17H23F3N2/c18-17(19,20)15-6-4-5-14(11-15)12-21-10-7-16(13-21)22-8-2-1-3-9-22/h4-6,11,16H,1-3,7-10,12-13H2. The fourth-order valence-corrected chi connectivity index (χ4v) is 3.64. The summed E-state index contributed by atoms with van der Waals surface area (Å²) in [6.45, 7) is 4.95. The summed E-state index contributed by atoms with van der Waals surface area (Å²) in [5.41, 5.74) is 0.214. The van der Waals surface area contributed by atoms with E-state index in [0.717, 1.165) is 31.1 Å². The molecule has 2 aliphatic rings. The van der Waals surface area contributed by atoms with E-state index in [2.05, 4.69) is 9.80 Å². The predicted molar refractivity (Wildman–Crippen MR) is 80.6 cm³/mol. The molecular formula is C17H23F3N2. The second kappa shape index (κ2) is 6.59. The first kappa shape index (κ1) is 15.8. The van der Waals surface area contributed by atoms with Crippen LogP contribution in [-0.4, -0.2) is 42.0 Å². The van der Waals surface area contributed by atoms with Crippen LogP contribution in [0.4, 0.5) is 13.2 Å². The van der Waals surface area contributed by atoms with Crippen LogP contribution in [0.25, 0.3) is 0 Å². The van der Waals surface area contributed by atoms with Crippen molar-refractivity contribution in [2.24, 2.45) is 0 Å². The molecule has 2 nitrogen and oxygen atoms in total. The maximum Gasteiger partial charge on any atom is 0.416 e. The lowest BCUT2D eigenvalue weighted by Crippen LogP contribution is -2.40. The van der Waals surface area contributed by atoms with Crippen LogP contribution in [0.1, 0.15) is 36.8 Å². The van der Waals surface area contributed by atoms with Gasteiger partial charge in [0.25, 0.3) is 0 Å². The van der Waals surface area contributed by atoms with Crippen molar-refractivity contribution in [3.8, 4) is 0 Å². The molecule has 0 N–H and O–H groups in total. The summed E-state index contributed by atoms with van der Waals surface area (Å²) >= 11 is 0. The van der Waals surface area contributed by atoms with Gasteiger partial charge in [-0.3, -0.25) is 9.80 Å². The van der Waals surface area contributed by atoms with Crippen molar-refractivity contribution in [1.29, 1.82) is 0 Å². The molecule has 0 saturated carbocycles. The number of hydrogen-bond acceptors (Lipinski definition) is 2. The Labute approximate surface area is 129 Å². The molecule has 1 aromatic rings. The van der Waals surface area contributed by atoms with E-state index in [-0.39, 0.29) is 0 Å². The first-order valence-corrected chi connectivity index (χ1v) is 8.15. The Morgan fingerprint density at radius 3 is 2.55 bits per heavy atom. The van der Waals surface area contributed by atoms with Crippen LogP contribution in [0.15, 0.2) is 24.3 Å². The Hall–Kier alpha value is -1.07. The zero-order valence-corrected chi connectivity index (χ0v) is 12.8. The van der Waals surface area contributed by atoms with E-state index in [1.54, 1.807) is 6.07 Å². The van der Waals surface area contributed by atoms with Crippen LogP contribution in [-0.2, 0) is 12.7 Å². The van der Waals surface area contributed by atoms with Gasteiger partial charge in [0.05, 0.1) is 5.56 Å². The highest BCUT2D eigenvalue weighted by Crippen LogP contribution is 2.30. The van der Waals surface area contributed by atoms with Gasteiger partial charge in [-0.25, -0.2) is 0 Å². The Morgan fingerprint density at radius 2 is 1.82 bits per heavy atom.